The lowest BCUT2D eigenvalue weighted by Crippen LogP contribution is -2.04. The molecular weight excluding hydrogens is 136 g/mol. The standard InChI is InChI=1S/C10H20O/c1-5-9(11)7-6-8-10(2,3)4/h6-7,9,11H,5,8H2,1-4H3. The van der Waals surface area contributed by atoms with E-state index in [2.05, 4.69) is 26.8 Å². The van der Waals surface area contributed by atoms with Gasteiger partial charge in [-0.1, -0.05) is 39.8 Å². The summed E-state index contributed by atoms with van der Waals surface area (Å²) >= 11 is 0. The van der Waals surface area contributed by atoms with E-state index >= 15 is 0 Å². The minimum atomic E-state index is -0.252. The first-order valence-electron chi connectivity index (χ1n) is 4.30. The highest BCUT2D eigenvalue weighted by Gasteiger charge is 2.06. The van der Waals surface area contributed by atoms with Gasteiger partial charge in [-0.2, -0.15) is 0 Å². The highest BCUT2D eigenvalue weighted by atomic mass is 16.3. The van der Waals surface area contributed by atoms with Gasteiger partial charge in [0, 0.05) is 0 Å². The maximum atomic E-state index is 9.17. The van der Waals surface area contributed by atoms with Crippen LogP contribution in [0.2, 0.25) is 0 Å². The Bertz CT molecular complexity index is 119. The maximum Gasteiger partial charge on any atom is 0.0718 e. The summed E-state index contributed by atoms with van der Waals surface area (Å²) < 4.78 is 0. The SMILES string of the molecule is CCC(O)C=CCC(C)(C)C. The minimum absolute atomic E-state index is 0.252. The summed E-state index contributed by atoms with van der Waals surface area (Å²) in [6, 6.07) is 0. The molecule has 0 radical (unpaired) electrons. The Labute approximate surface area is 70.1 Å². The molecule has 0 aromatic rings. The van der Waals surface area contributed by atoms with Crippen LogP contribution < -0.4 is 0 Å². The molecule has 0 aliphatic heterocycles. The fraction of sp³-hybridized carbons (Fsp3) is 0.800. The van der Waals surface area contributed by atoms with E-state index in [4.69, 9.17) is 5.11 Å². The van der Waals surface area contributed by atoms with Crippen molar-refractivity contribution in [1.82, 2.24) is 0 Å². The summed E-state index contributed by atoms with van der Waals surface area (Å²) in [7, 11) is 0. The van der Waals surface area contributed by atoms with Crippen LogP contribution in [-0.4, -0.2) is 11.2 Å². The number of allylic oxidation sites excluding steroid dienone is 1. The Kier molecular flexibility index (Phi) is 4.43. The highest BCUT2D eigenvalue weighted by molar-refractivity contribution is 4.90. The quantitative estimate of drug-likeness (QED) is 0.623. The fourth-order valence-electron chi connectivity index (χ4n) is 0.715. The summed E-state index contributed by atoms with van der Waals surface area (Å²) in [5.41, 5.74) is 0.337. The van der Waals surface area contributed by atoms with Crippen LogP contribution in [0.3, 0.4) is 0 Å². The molecule has 0 aromatic carbocycles. The third-order valence-corrected chi connectivity index (χ3v) is 1.51. The summed E-state index contributed by atoms with van der Waals surface area (Å²) in [6.45, 7) is 8.55. The van der Waals surface area contributed by atoms with Crippen LogP contribution in [-0.2, 0) is 0 Å². The third kappa shape index (κ3) is 7.60. The Balaban J connectivity index is 3.60. The van der Waals surface area contributed by atoms with Crippen molar-refractivity contribution in [2.75, 3.05) is 0 Å². The second-order valence-electron chi connectivity index (χ2n) is 4.17. The van der Waals surface area contributed by atoms with Gasteiger partial charge < -0.3 is 5.11 Å². The highest BCUT2D eigenvalue weighted by Crippen LogP contribution is 2.18. The Morgan fingerprint density at radius 3 is 2.27 bits per heavy atom. The van der Waals surface area contributed by atoms with Crippen LogP contribution >= 0.6 is 0 Å². The molecule has 1 unspecified atom stereocenters. The predicted octanol–water partition coefficient (Wildman–Crippen LogP) is 2.75. The van der Waals surface area contributed by atoms with Crippen molar-refractivity contribution >= 4 is 0 Å². The molecule has 1 heteroatoms. The van der Waals surface area contributed by atoms with Crippen LogP contribution in [0, 0.1) is 5.41 Å². The van der Waals surface area contributed by atoms with Gasteiger partial charge in [0.25, 0.3) is 0 Å². The molecule has 1 atom stereocenters. The topological polar surface area (TPSA) is 20.2 Å². The first-order valence-corrected chi connectivity index (χ1v) is 4.30. The molecule has 0 aromatic heterocycles. The third-order valence-electron chi connectivity index (χ3n) is 1.51. The Morgan fingerprint density at radius 2 is 1.91 bits per heavy atom. The average Bonchev–Trinajstić information content (AvgIpc) is 1.85. The molecule has 0 aliphatic rings. The molecule has 66 valence electrons. The van der Waals surface area contributed by atoms with Gasteiger partial charge in [-0.25, -0.2) is 0 Å². The molecule has 0 amide bonds. The molecule has 11 heavy (non-hydrogen) atoms. The predicted molar refractivity (Wildman–Crippen MR) is 49.5 cm³/mol. The molecule has 1 nitrogen and oxygen atoms in total. The lowest BCUT2D eigenvalue weighted by atomic mass is 9.92. The van der Waals surface area contributed by atoms with Crippen molar-refractivity contribution in [1.29, 1.82) is 0 Å². The summed E-state index contributed by atoms with van der Waals surface area (Å²) in [6.07, 6.45) is 5.53. The number of aliphatic hydroxyl groups is 1. The van der Waals surface area contributed by atoms with Crippen molar-refractivity contribution in [3.05, 3.63) is 12.2 Å². The smallest absolute Gasteiger partial charge is 0.0718 e. The lowest BCUT2D eigenvalue weighted by molar-refractivity contribution is 0.218. The molecule has 1 N–H and O–H groups in total. The van der Waals surface area contributed by atoms with Gasteiger partial charge in [-0.3, -0.25) is 0 Å². The molecular formula is C10H20O. The number of hydrogen-bond donors (Lipinski definition) is 1. The second-order valence-corrected chi connectivity index (χ2v) is 4.17. The summed E-state index contributed by atoms with van der Waals surface area (Å²) in [5.74, 6) is 0. The van der Waals surface area contributed by atoms with Gasteiger partial charge in [0.05, 0.1) is 6.10 Å². The number of aliphatic hydroxyl groups excluding tert-OH is 1. The van der Waals surface area contributed by atoms with Crippen molar-refractivity contribution in [2.24, 2.45) is 5.41 Å². The lowest BCUT2D eigenvalue weighted by Gasteiger charge is -2.14. The zero-order chi connectivity index (χ0) is 8.91. The van der Waals surface area contributed by atoms with Crippen molar-refractivity contribution < 1.29 is 5.11 Å². The average molecular weight is 156 g/mol. The van der Waals surface area contributed by atoms with Gasteiger partial charge in [-0.15, -0.1) is 0 Å². The van der Waals surface area contributed by atoms with Crippen molar-refractivity contribution in [3.8, 4) is 0 Å². The van der Waals surface area contributed by atoms with E-state index in [0.717, 1.165) is 12.8 Å². The molecule has 0 bridgehead atoms. The molecule has 0 aliphatic carbocycles. The van der Waals surface area contributed by atoms with Gasteiger partial charge >= 0.3 is 0 Å². The van der Waals surface area contributed by atoms with Crippen LogP contribution in [0.25, 0.3) is 0 Å². The van der Waals surface area contributed by atoms with Crippen LogP contribution in [0.15, 0.2) is 12.2 Å². The van der Waals surface area contributed by atoms with E-state index in [-0.39, 0.29) is 6.10 Å². The monoisotopic (exact) mass is 156 g/mol. The van der Waals surface area contributed by atoms with Crippen molar-refractivity contribution in [3.63, 3.8) is 0 Å². The summed E-state index contributed by atoms with van der Waals surface area (Å²) in [5, 5.41) is 9.17. The van der Waals surface area contributed by atoms with E-state index in [1.54, 1.807) is 0 Å². The minimum Gasteiger partial charge on any atom is -0.389 e. The first-order chi connectivity index (χ1) is 4.95. The Hall–Kier alpha value is -0.300. The largest absolute Gasteiger partial charge is 0.389 e. The first kappa shape index (κ1) is 10.7. The van der Waals surface area contributed by atoms with E-state index in [1.807, 2.05) is 13.0 Å². The molecule has 0 heterocycles. The zero-order valence-corrected chi connectivity index (χ0v) is 8.09. The van der Waals surface area contributed by atoms with Gasteiger partial charge in [0.2, 0.25) is 0 Å². The summed E-state index contributed by atoms with van der Waals surface area (Å²) in [4.78, 5) is 0. The normalized spacial score (nSPS) is 15.7. The molecule has 0 fully saturated rings. The molecule has 0 saturated heterocycles. The van der Waals surface area contributed by atoms with Crippen LogP contribution in [0.4, 0.5) is 0 Å². The maximum absolute atomic E-state index is 9.17. The van der Waals surface area contributed by atoms with Gasteiger partial charge in [-0.05, 0) is 18.3 Å². The molecule has 0 spiro atoms. The number of rotatable bonds is 3. The Morgan fingerprint density at radius 1 is 1.36 bits per heavy atom. The fourth-order valence-corrected chi connectivity index (χ4v) is 0.715. The van der Waals surface area contributed by atoms with Crippen LogP contribution in [0.1, 0.15) is 40.5 Å². The second kappa shape index (κ2) is 4.55. The molecule has 0 saturated carbocycles. The zero-order valence-electron chi connectivity index (χ0n) is 8.09. The van der Waals surface area contributed by atoms with E-state index in [1.165, 1.54) is 0 Å². The van der Waals surface area contributed by atoms with E-state index in [0.29, 0.717) is 5.41 Å². The molecule has 0 rings (SSSR count). The van der Waals surface area contributed by atoms with Crippen LogP contribution in [0.5, 0.6) is 0 Å². The van der Waals surface area contributed by atoms with Crippen molar-refractivity contribution in [2.45, 2.75) is 46.6 Å². The van der Waals surface area contributed by atoms with E-state index in [9.17, 15) is 0 Å². The van der Waals surface area contributed by atoms with Gasteiger partial charge in [0.1, 0.15) is 0 Å². The number of hydrogen-bond acceptors (Lipinski definition) is 1. The van der Waals surface area contributed by atoms with Gasteiger partial charge in [0.15, 0.2) is 0 Å². The van der Waals surface area contributed by atoms with E-state index < -0.39 is 0 Å².